The summed E-state index contributed by atoms with van der Waals surface area (Å²) in [5, 5.41) is 13.4. The summed E-state index contributed by atoms with van der Waals surface area (Å²) in [6, 6.07) is 10.3. The number of aromatic nitrogens is 3. The van der Waals surface area contributed by atoms with E-state index in [0.717, 1.165) is 25.7 Å². The molecule has 198 valence electrons. The summed E-state index contributed by atoms with van der Waals surface area (Å²) < 4.78 is 41.7. The minimum Gasteiger partial charge on any atom is -0.372 e. The number of benzene rings is 1. The zero-order valence-electron chi connectivity index (χ0n) is 21.1. The van der Waals surface area contributed by atoms with Gasteiger partial charge >= 0.3 is 6.18 Å². The van der Waals surface area contributed by atoms with Crippen molar-refractivity contribution < 1.29 is 18.0 Å². The fourth-order valence-corrected chi connectivity index (χ4v) is 4.06. The number of likely N-dealkylation sites (N-methyl/N-ethyl adjacent to an activating group) is 1. The van der Waals surface area contributed by atoms with Crippen LogP contribution in [0.3, 0.4) is 0 Å². The van der Waals surface area contributed by atoms with E-state index in [1.54, 1.807) is 25.2 Å². The molecule has 1 fully saturated rings. The molecular weight excluding hydrogens is 495 g/mol. The molecule has 8 nitrogen and oxygen atoms in total. The Balaban J connectivity index is 1.47. The molecule has 1 saturated heterocycles. The van der Waals surface area contributed by atoms with Gasteiger partial charge in [0.25, 0.3) is 5.91 Å². The molecule has 0 radical (unpaired) electrons. The average Bonchev–Trinajstić information content (AvgIpc) is 2.92. The number of halogens is 3. The number of hydrogen-bond donors (Lipinski definition) is 2. The molecule has 0 saturated carbocycles. The summed E-state index contributed by atoms with van der Waals surface area (Å²) >= 11 is 0. The molecule has 3 aromatic rings. The van der Waals surface area contributed by atoms with Crippen molar-refractivity contribution in [1.29, 1.82) is 0 Å². The zero-order chi connectivity index (χ0) is 27.1. The third-order valence-corrected chi connectivity index (χ3v) is 6.24. The van der Waals surface area contributed by atoms with Crippen molar-refractivity contribution in [2.24, 2.45) is 0 Å². The molecule has 0 spiro atoms. The number of hydrogen-bond acceptors (Lipinski definition) is 7. The van der Waals surface area contributed by atoms with E-state index in [1.165, 1.54) is 24.4 Å². The molecule has 1 aromatic carbocycles. The Kier molecular flexibility index (Phi) is 8.55. The van der Waals surface area contributed by atoms with Crippen LogP contribution < -0.4 is 10.6 Å². The topological polar surface area (TPSA) is 86.3 Å². The van der Waals surface area contributed by atoms with Crippen LogP contribution in [0.4, 0.5) is 24.8 Å². The number of pyridine rings is 1. The quantitative estimate of drug-likeness (QED) is 0.477. The second kappa shape index (κ2) is 12.0. The molecule has 0 aliphatic carbocycles. The van der Waals surface area contributed by atoms with Gasteiger partial charge in [0.15, 0.2) is 0 Å². The molecule has 11 heteroatoms. The highest BCUT2D eigenvalue weighted by molar-refractivity contribution is 6.04. The van der Waals surface area contributed by atoms with Gasteiger partial charge in [-0.25, -0.2) is 4.98 Å². The lowest BCUT2D eigenvalue weighted by atomic mass is 10.0. The van der Waals surface area contributed by atoms with Crippen LogP contribution in [0.25, 0.3) is 0 Å². The van der Waals surface area contributed by atoms with Gasteiger partial charge in [0.2, 0.25) is 0 Å². The molecular formula is C27H28F3N7O. The van der Waals surface area contributed by atoms with Gasteiger partial charge in [-0.2, -0.15) is 13.2 Å². The van der Waals surface area contributed by atoms with Gasteiger partial charge in [-0.15, -0.1) is 10.2 Å². The Morgan fingerprint density at radius 1 is 0.974 bits per heavy atom. The highest BCUT2D eigenvalue weighted by Gasteiger charge is 2.34. The van der Waals surface area contributed by atoms with Crippen LogP contribution in [-0.4, -0.2) is 70.7 Å². The van der Waals surface area contributed by atoms with Crippen LogP contribution >= 0.6 is 0 Å². The molecule has 2 N–H and O–H groups in total. The van der Waals surface area contributed by atoms with Crippen molar-refractivity contribution in [2.75, 3.05) is 50.4 Å². The SMILES string of the molecule is CCN1CCN(Cc2ccc(C(=O)Nc3cc(C#Cc4ccc(NC)nn4)ccn3)cc2C(F)(F)F)CC1. The van der Waals surface area contributed by atoms with E-state index in [9.17, 15) is 18.0 Å². The molecule has 0 bridgehead atoms. The van der Waals surface area contributed by atoms with Crippen LogP contribution in [0.2, 0.25) is 0 Å². The maximum atomic E-state index is 13.9. The first kappa shape index (κ1) is 27.0. The fraction of sp³-hybridized carbons (Fsp3) is 0.333. The number of anilines is 2. The van der Waals surface area contributed by atoms with E-state index >= 15 is 0 Å². The van der Waals surface area contributed by atoms with Crippen LogP contribution in [0.1, 0.15) is 39.7 Å². The number of piperazine rings is 1. The number of carbonyl (C=O) groups is 1. The van der Waals surface area contributed by atoms with Crippen molar-refractivity contribution in [1.82, 2.24) is 25.0 Å². The summed E-state index contributed by atoms with van der Waals surface area (Å²) in [6.07, 6.45) is -3.13. The lowest BCUT2D eigenvalue weighted by Crippen LogP contribution is -2.45. The second-order valence-electron chi connectivity index (χ2n) is 8.77. The first-order valence-corrected chi connectivity index (χ1v) is 12.2. The standard InChI is InChI=1S/C27H28F3N7O/c1-3-36-12-14-37(15-13-36)18-21-6-5-20(17-23(21)27(28,29)30)26(38)33-25-16-19(10-11-32-25)4-7-22-8-9-24(31-2)35-34-22/h5-6,8-11,16-17H,3,12-15,18H2,1-2H3,(H,31,35)(H,32,33,38). The monoisotopic (exact) mass is 523 g/mol. The van der Waals surface area contributed by atoms with Gasteiger partial charge in [-0.3, -0.25) is 9.69 Å². The van der Waals surface area contributed by atoms with Gasteiger partial charge in [-0.1, -0.05) is 18.9 Å². The second-order valence-corrected chi connectivity index (χ2v) is 8.77. The molecule has 1 aliphatic heterocycles. The van der Waals surface area contributed by atoms with Crippen molar-refractivity contribution >= 4 is 17.5 Å². The van der Waals surface area contributed by atoms with E-state index in [0.29, 0.717) is 30.2 Å². The highest BCUT2D eigenvalue weighted by Crippen LogP contribution is 2.33. The van der Waals surface area contributed by atoms with E-state index < -0.39 is 17.6 Å². The van der Waals surface area contributed by atoms with Crippen molar-refractivity contribution in [2.45, 2.75) is 19.6 Å². The number of carbonyl (C=O) groups excluding carboxylic acids is 1. The summed E-state index contributed by atoms with van der Waals surface area (Å²) in [6.45, 7) is 6.22. The largest absolute Gasteiger partial charge is 0.416 e. The van der Waals surface area contributed by atoms with E-state index in [2.05, 4.69) is 49.5 Å². The van der Waals surface area contributed by atoms with Gasteiger partial charge in [0, 0.05) is 57.1 Å². The molecule has 1 aliphatic rings. The number of nitrogens with zero attached hydrogens (tertiary/aromatic N) is 5. The van der Waals surface area contributed by atoms with E-state index in [1.807, 2.05) is 4.90 Å². The minimum atomic E-state index is -4.58. The summed E-state index contributed by atoms with van der Waals surface area (Å²) in [5.74, 6) is 5.88. The van der Waals surface area contributed by atoms with Crippen molar-refractivity contribution in [3.63, 3.8) is 0 Å². The van der Waals surface area contributed by atoms with Crippen molar-refractivity contribution in [3.05, 3.63) is 76.6 Å². The maximum absolute atomic E-state index is 13.9. The third-order valence-electron chi connectivity index (χ3n) is 6.24. The first-order chi connectivity index (χ1) is 18.2. The molecule has 0 atom stereocenters. The number of alkyl halides is 3. The van der Waals surface area contributed by atoms with Gasteiger partial charge < -0.3 is 15.5 Å². The Labute approximate surface area is 219 Å². The van der Waals surface area contributed by atoms with E-state index in [-0.39, 0.29) is 23.5 Å². The zero-order valence-corrected chi connectivity index (χ0v) is 21.1. The number of amides is 1. The molecule has 1 amide bonds. The normalized spacial score (nSPS) is 14.4. The summed E-state index contributed by atoms with van der Waals surface area (Å²) in [4.78, 5) is 21.2. The molecule has 2 aromatic heterocycles. The molecule has 3 heterocycles. The smallest absolute Gasteiger partial charge is 0.372 e. The lowest BCUT2D eigenvalue weighted by Gasteiger charge is -2.34. The number of nitrogens with one attached hydrogen (secondary N) is 2. The van der Waals surface area contributed by atoms with Crippen LogP contribution in [0.15, 0.2) is 48.7 Å². The van der Waals surface area contributed by atoms with Gasteiger partial charge in [0.1, 0.15) is 17.3 Å². The fourth-order valence-electron chi connectivity index (χ4n) is 4.06. The number of rotatable bonds is 6. The van der Waals surface area contributed by atoms with Crippen LogP contribution in [-0.2, 0) is 12.7 Å². The first-order valence-electron chi connectivity index (χ1n) is 12.2. The van der Waals surface area contributed by atoms with Gasteiger partial charge in [-0.05, 0) is 54.4 Å². The Bertz CT molecular complexity index is 1320. The maximum Gasteiger partial charge on any atom is 0.416 e. The average molecular weight is 524 g/mol. The summed E-state index contributed by atoms with van der Waals surface area (Å²) in [5.41, 5.74) is 0.249. The third kappa shape index (κ3) is 7.06. The Morgan fingerprint density at radius 3 is 2.39 bits per heavy atom. The highest BCUT2D eigenvalue weighted by atomic mass is 19.4. The molecule has 0 unspecified atom stereocenters. The Hall–Kier alpha value is -4.01. The Morgan fingerprint density at radius 2 is 1.74 bits per heavy atom. The van der Waals surface area contributed by atoms with Crippen molar-refractivity contribution in [3.8, 4) is 11.8 Å². The molecule has 4 rings (SSSR count). The van der Waals surface area contributed by atoms with Crippen LogP contribution in [0.5, 0.6) is 0 Å². The van der Waals surface area contributed by atoms with Crippen LogP contribution in [0, 0.1) is 11.8 Å². The summed E-state index contributed by atoms with van der Waals surface area (Å²) in [7, 11) is 1.73. The predicted molar refractivity (Wildman–Crippen MR) is 139 cm³/mol. The predicted octanol–water partition coefficient (Wildman–Crippen LogP) is 3.72. The minimum absolute atomic E-state index is 0.102. The lowest BCUT2D eigenvalue weighted by molar-refractivity contribution is -0.138. The van der Waals surface area contributed by atoms with E-state index in [4.69, 9.17) is 0 Å². The van der Waals surface area contributed by atoms with Gasteiger partial charge in [0.05, 0.1) is 5.56 Å². The molecule has 38 heavy (non-hydrogen) atoms.